The van der Waals surface area contributed by atoms with Gasteiger partial charge in [-0.1, -0.05) is 20.3 Å². The molecule has 0 spiro atoms. The number of aryl methyl sites for hydroxylation is 1. The van der Waals surface area contributed by atoms with Crippen LogP contribution in [0.15, 0.2) is 30.6 Å². The zero-order chi connectivity index (χ0) is 13.5. The van der Waals surface area contributed by atoms with E-state index < -0.39 is 0 Å². The number of nitrogens with one attached hydrogen (secondary N) is 1. The molecule has 0 unspecified atom stereocenters. The molecule has 19 heavy (non-hydrogen) atoms. The fourth-order valence-electron chi connectivity index (χ4n) is 2.05. The second-order valence-electron chi connectivity index (χ2n) is 4.70. The molecule has 2 rings (SSSR count). The molecule has 0 amide bonds. The van der Waals surface area contributed by atoms with Crippen molar-refractivity contribution >= 4 is 0 Å². The average Bonchev–Trinajstić information content (AvgIpc) is 2.93. The first-order valence-electron chi connectivity index (χ1n) is 7.04. The van der Waals surface area contributed by atoms with E-state index in [4.69, 9.17) is 0 Å². The number of pyridine rings is 1. The standard InChI is InChI=1S/C15H22N4/c1-3-6-14-10-13(12-16-7-4-2)11-15(18-14)19-9-5-8-17-19/h5,8-11,16H,3-4,6-7,12H2,1-2H3. The number of rotatable bonds is 7. The number of nitrogens with zero attached hydrogens (tertiary/aromatic N) is 3. The van der Waals surface area contributed by atoms with Crippen molar-refractivity contribution < 1.29 is 0 Å². The third-order valence-electron chi connectivity index (χ3n) is 2.93. The quantitative estimate of drug-likeness (QED) is 0.776. The first kappa shape index (κ1) is 13.7. The van der Waals surface area contributed by atoms with E-state index in [1.165, 1.54) is 5.56 Å². The largest absolute Gasteiger partial charge is 0.313 e. The summed E-state index contributed by atoms with van der Waals surface area (Å²) in [6, 6.07) is 6.22. The Labute approximate surface area is 114 Å². The Hall–Kier alpha value is -1.68. The first-order chi connectivity index (χ1) is 9.33. The third-order valence-corrected chi connectivity index (χ3v) is 2.93. The maximum absolute atomic E-state index is 4.67. The summed E-state index contributed by atoms with van der Waals surface area (Å²) in [7, 11) is 0. The van der Waals surface area contributed by atoms with Gasteiger partial charge in [-0.3, -0.25) is 0 Å². The Morgan fingerprint density at radius 3 is 2.79 bits per heavy atom. The van der Waals surface area contributed by atoms with Crippen molar-refractivity contribution in [2.45, 2.75) is 39.7 Å². The van der Waals surface area contributed by atoms with E-state index in [1.54, 1.807) is 6.20 Å². The van der Waals surface area contributed by atoms with Crippen LogP contribution in [0.5, 0.6) is 0 Å². The van der Waals surface area contributed by atoms with Crippen LogP contribution in [-0.2, 0) is 13.0 Å². The summed E-state index contributed by atoms with van der Waals surface area (Å²) >= 11 is 0. The minimum Gasteiger partial charge on any atom is -0.313 e. The molecule has 0 saturated heterocycles. The molecule has 0 saturated carbocycles. The molecular weight excluding hydrogens is 236 g/mol. The summed E-state index contributed by atoms with van der Waals surface area (Å²) in [4.78, 5) is 4.67. The zero-order valence-corrected chi connectivity index (χ0v) is 11.8. The van der Waals surface area contributed by atoms with Crippen molar-refractivity contribution in [1.29, 1.82) is 0 Å². The lowest BCUT2D eigenvalue weighted by molar-refractivity contribution is 0.672. The summed E-state index contributed by atoms with van der Waals surface area (Å²) in [5.41, 5.74) is 2.42. The topological polar surface area (TPSA) is 42.7 Å². The molecule has 4 heteroatoms. The molecule has 0 bridgehead atoms. The summed E-state index contributed by atoms with van der Waals surface area (Å²) in [5, 5.41) is 7.69. The fourth-order valence-corrected chi connectivity index (χ4v) is 2.05. The van der Waals surface area contributed by atoms with Gasteiger partial charge in [-0.25, -0.2) is 9.67 Å². The summed E-state index contributed by atoms with van der Waals surface area (Å²) < 4.78 is 1.82. The van der Waals surface area contributed by atoms with Crippen molar-refractivity contribution in [2.24, 2.45) is 0 Å². The molecule has 0 atom stereocenters. The highest BCUT2D eigenvalue weighted by molar-refractivity contribution is 5.30. The summed E-state index contributed by atoms with van der Waals surface area (Å²) in [5.74, 6) is 0.907. The first-order valence-corrected chi connectivity index (χ1v) is 7.04. The van der Waals surface area contributed by atoms with Gasteiger partial charge in [0.25, 0.3) is 0 Å². The van der Waals surface area contributed by atoms with Gasteiger partial charge < -0.3 is 5.32 Å². The maximum atomic E-state index is 4.67. The molecule has 0 radical (unpaired) electrons. The third kappa shape index (κ3) is 3.89. The van der Waals surface area contributed by atoms with Crippen LogP contribution in [0.2, 0.25) is 0 Å². The normalized spacial score (nSPS) is 10.8. The second kappa shape index (κ2) is 7.04. The lowest BCUT2D eigenvalue weighted by atomic mass is 10.1. The number of hydrogen-bond donors (Lipinski definition) is 1. The zero-order valence-electron chi connectivity index (χ0n) is 11.8. The molecule has 0 aliphatic carbocycles. The van der Waals surface area contributed by atoms with E-state index in [-0.39, 0.29) is 0 Å². The van der Waals surface area contributed by atoms with E-state index in [9.17, 15) is 0 Å². The van der Waals surface area contributed by atoms with Gasteiger partial charge in [0, 0.05) is 24.6 Å². The van der Waals surface area contributed by atoms with Crippen molar-refractivity contribution in [3.8, 4) is 5.82 Å². The van der Waals surface area contributed by atoms with Gasteiger partial charge in [-0.2, -0.15) is 5.10 Å². The summed E-state index contributed by atoms with van der Waals surface area (Å²) in [6.45, 7) is 6.29. The predicted octanol–water partition coefficient (Wildman–Crippen LogP) is 2.72. The van der Waals surface area contributed by atoms with E-state index in [0.29, 0.717) is 0 Å². The summed E-state index contributed by atoms with van der Waals surface area (Å²) in [6.07, 6.45) is 6.98. The lowest BCUT2D eigenvalue weighted by Crippen LogP contribution is -2.15. The van der Waals surface area contributed by atoms with Gasteiger partial charge in [0.2, 0.25) is 0 Å². The van der Waals surface area contributed by atoms with Crippen LogP contribution >= 0.6 is 0 Å². The molecule has 2 aromatic rings. The second-order valence-corrected chi connectivity index (χ2v) is 4.70. The van der Waals surface area contributed by atoms with E-state index in [2.05, 4.69) is 41.4 Å². The molecular formula is C15H22N4. The molecule has 0 aliphatic heterocycles. The molecule has 1 N–H and O–H groups in total. The Morgan fingerprint density at radius 2 is 2.11 bits per heavy atom. The highest BCUT2D eigenvalue weighted by Crippen LogP contribution is 2.11. The van der Waals surface area contributed by atoms with Crippen LogP contribution < -0.4 is 5.32 Å². The maximum Gasteiger partial charge on any atom is 0.153 e. The Bertz CT molecular complexity index is 491. The van der Waals surface area contributed by atoms with Crippen LogP contribution in [0, 0.1) is 0 Å². The van der Waals surface area contributed by atoms with E-state index >= 15 is 0 Å². The number of aromatic nitrogens is 3. The van der Waals surface area contributed by atoms with Gasteiger partial charge in [-0.05, 0) is 43.1 Å². The van der Waals surface area contributed by atoms with Crippen LogP contribution in [0.25, 0.3) is 5.82 Å². The monoisotopic (exact) mass is 258 g/mol. The fraction of sp³-hybridized carbons (Fsp3) is 0.467. The van der Waals surface area contributed by atoms with Gasteiger partial charge in [-0.15, -0.1) is 0 Å². The van der Waals surface area contributed by atoms with Crippen molar-refractivity contribution in [3.63, 3.8) is 0 Å². The van der Waals surface area contributed by atoms with Crippen molar-refractivity contribution in [3.05, 3.63) is 41.9 Å². The van der Waals surface area contributed by atoms with Crippen molar-refractivity contribution in [2.75, 3.05) is 6.54 Å². The van der Waals surface area contributed by atoms with Gasteiger partial charge in [0.15, 0.2) is 5.82 Å². The highest BCUT2D eigenvalue weighted by Gasteiger charge is 2.04. The van der Waals surface area contributed by atoms with Gasteiger partial charge >= 0.3 is 0 Å². The predicted molar refractivity (Wildman–Crippen MR) is 77.4 cm³/mol. The van der Waals surface area contributed by atoms with E-state index in [0.717, 1.165) is 43.9 Å². The minimum atomic E-state index is 0.890. The Morgan fingerprint density at radius 1 is 1.21 bits per heavy atom. The molecule has 4 nitrogen and oxygen atoms in total. The van der Waals surface area contributed by atoms with Crippen molar-refractivity contribution in [1.82, 2.24) is 20.1 Å². The van der Waals surface area contributed by atoms with Crippen LogP contribution in [0.3, 0.4) is 0 Å². The van der Waals surface area contributed by atoms with E-state index in [1.807, 2.05) is 16.9 Å². The average molecular weight is 258 g/mol. The Kier molecular flexibility index (Phi) is 5.10. The molecule has 0 fully saturated rings. The Balaban J connectivity index is 2.22. The molecule has 0 aromatic carbocycles. The lowest BCUT2D eigenvalue weighted by Gasteiger charge is -2.09. The highest BCUT2D eigenvalue weighted by atomic mass is 15.3. The van der Waals surface area contributed by atoms with Gasteiger partial charge in [0.1, 0.15) is 0 Å². The smallest absolute Gasteiger partial charge is 0.153 e. The van der Waals surface area contributed by atoms with Crippen LogP contribution in [-0.4, -0.2) is 21.3 Å². The number of hydrogen-bond acceptors (Lipinski definition) is 3. The SMILES string of the molecule is CCCNCc1cc(CCC)nc(-n2cccn2)c1. The molecule has 102 valence electrons. The van der Waals surface area contributed by atoms with Gasteiger partial charge in [0.05, 0.1) is 0 Å². The van der Waals surface area contributed by atoms with Crippen LogP contribution in [0.4, 0.5) is 0 Å². The molecule has 0 aliphatic rings. The molecule has 2 heterocycles. The molecule has 2 aromatic heterocycles. The van der Waals surface area contributed by atoms with Crippen LogP contribution in [0.1, 0.15) is 37.9 Å². The minimum absolute atomic E-state index is 0.890.